The minimum atomic E-state index is -0.763. The highest BCUT2D eigenvalue weighted by molar-refractivity contribution is 7.07. The van der Waals surface area contributed by atoms with Crippen LogP contribution < -0.4 is 5.32 Å². The molecule has 2 heterocycles. The third kappa shape index (κ3) is 3.69. The van der Waals surface area contributed by atoms with Gasteiger partial charge in [0.2, 0.25) is 0 Å². The molecule has 1 aromatic heterocycles. The van der Waals surface area contributed by atoms with Gasteiger partial charge in [-0.25, -0.2) is 9.78 Å². The number of carbonyl (C=O) groups excluding carboxylic acids is 1. The smallest absolute Gasteiger partial charge is 0.317 e. The lowest BCUT2D eigenvalue weighted by Gasteiger charge is -2.36. The summed E-state index contributed by atoms with van der Waals surface area (Å²) in [5.41, 5.74) is 2.75. The summed E-state index contributed by atoms with van der Waals surface area (Å²) in [4.78, 5) is 28.9. The Morgan fingerprint density at radius 2 is 2.40 bits per heavy atom. The first-order valence-corrected chi connectivity index (χ1v) is 7.66. The predicted octanol–water partition coefficient (Wildman–Crippen LogP) is 1.58. The number of thiazole rings is 1. The number of carboxylic acid groups (broad SMARTS) is 1. The van der Waals surface area contributed by atoms with Gasteiger partial charge in [-0.05, 0) is 19.8 Å². The van der Waals surface area contributed by atoms with Crippen LogP contribution in [0.15, 0.2) is 10.9 Å². The number of amides is 2. The van der Waals surface area contributed by atoms with Crippen LogP contribution in [0.5, 0.6) is 0 Å². The van der Waals surface area contributed by atoms with Crippen LogP contribution in [-0.4, -0.2) is 46.1 Å². The molecule has 0 saturated carbocycles. The summed E-state index contributed by atoms with van der Waals surface area (Å²) in [6, 6.07) is -0.152. The number of nitrogens with one attached hydrogen (secondary N) is 1. The minimum Gasteiger partial charge on any atom is -0.481 e. The van der Waals surface area contributed by atoms with E-state index in [4.69, 9.17) is 5.11 Å². The SMILES string of the molecule is CC1CC(C(=O)O)CCN1C(=O)NCCc1cscn1. The second-order valence-corrected chi connectivity index (χ2v) is 5.78. The van der Waals surface area contributed by atoms with Gasteiger partial charge in [-0.2, -0.15) is 0 Å². The molecule has 0 aromatic carbocycles. The molecule has 2 amide bonds. The number of aromatic nitrogens is 1. The summed E-state index contributed by atoms with van der Waals surface area (Å²) in [7, 11) is 0. The monoisotopic (exact) mass is 297 g/mol. The average molecular weight is 297 g/mol. The highest BCUT2D eigenvalue weighted by Gasteiger charge is 2.31. The highest BCUT2D eigenvalue weighted by atomic mass is 32.1. The van der Waals surface area contributed by atoms with Gasteiger partial charge in [0.05, 0.1) is 17.1 Å². The van der Waals surface area contributed by atoms with E-state index < -0.39 is 5.97 Å². The predicted molar refractivity (Wildman–Crippen MR) is 75.7 cm³/mol. The quantitative estimate of drug-likeness (QED) is 0.884. The maximum atomic E-state index is 12.1. The summed E-state index contributed by atoms with van der Waals surface area (Å²) in [6.07, 6.45) is 1.77. The van der Waals surface area contributed by atoms with Gasteiger partial charge in [-0.1, -0.05) is 0 Å². The zero-order valence-corrected chi connectivity index (χ0v) is 12.2. The van der Waals surface area contributed by atoms with Crippen molar-refractivity contribution >= 4 is 23.3 Å². The molecule has 2 unspecified atom stereocenters. The van der Waals surface area contributed by atoms with Gasteiger partial charge >= 0.3 is 12.0 Å². The number of likely N-dealkylation sites (tertiary alicyclic amines) is 1. The fourth-order valence-corrected chi connectivity index (χ4v) is 3.05. The fourth-order valence-electron chi connectivity index (χ4n) is 2.46. The van der Waals surface area contributed by atoms with E-state index in [1.54, 1.807) is 10.4 Å². The summed E-state index contributed by atoms with van der Waals surface area (Å²) in [6.45, 7) is 2.95. The fraction of sp³-hybridized carbons (Fsp3) is 0.615. The summed E-state index contributed by atoms with van der Waals surface area (Å²) in [5.74, 6) is -1.09. The van der Waals surface area contributed by atoms with E-state index >= 15 is 0 Å². The molecule has 2 atom stereocenters. The van der Waals surface area contributed by atoms with Crippen LogP contribution in [0.4, 0.5) is 4.79 Å². The van der Waals surface area contributed by atoms with Gasteiger partial charge in [0.1, 0.15) is 0 Å². The number of rotatable bonds is 4. The third-order valence-corrected chi connectivity index (χ3v) is 4.26. The third-order valence-electron chi connectivity index (χ3n) is 3.63. The molecular weight excluding hydrogens is 278 g/mol. The van der Waals surface area contributed by atoms with Crippen molar-refractivity contribution in [1.82, 2.24) is 15.2 Å². The first kappa shape index (κ1) is 14.8. The van der Waals surface area contributed by atoms with E-state index in [1.807, 2.05) is 12.3 Å². The van der Waals surface area contributed by atoms with Crippen LogP contribution in [-0.2, 0) is 11.2 Å². The first-order chi connectivity index (χ1) is 9.58. The van der Waals surface area contributed by atoms with Crippen molar-refractivity contribution in [1.29, 1.82) is 0 Å². The van der Waals surface area contributed by atoms with E-state index in [9.17, 15) is 9.59 Å². The van der Waals surface area contributed by atoms with Gasteiger partial charge in [-0.3, -0.25) is 4.79 Å². The van der Waals surface area contributed by atoms with Crippen molar-refractivity contribution in [3.8, 4) is 0 Å². The number of piperidine rings is 1. The second-order valence-electron chi connectivity index (χ2n) is 5.06. The van der Waals surface area contributed by atoms with Crippen molar-refractivity contribution in [2.45, 2.75) is 32.2 Å². The van der Waals surface area contributed by atoms with E-state index in [2.05, 4.69) is 10.3 Å². The second kappa shape index (κ2) is 6.69. The standard InChI is InChI=1S/C13H19N3O3S/c1-9-6-10(12(17)18)3-5-16(9)13(19)14-4-2-11-7-20-8-15-11/h7-10H,2-6H2,1H3,(H,14,19)(H,17,18). The highest BCUT2D eigenvalue weighted by Crippen LogP contribution is 2.22. The lowest BCUT2D eigenvalue weighted by Crippen LogP contribution is -2.50. The van der Waals surface area contributed by atoms with Gasteiger partial charge in [-0.15, -0.1) is 11.3 Å². The number of urea groups is 1. The van der Waals surface area contributed by atoms with Crippen LogP contribution >= 0.6 is 11.3 Å². The lowest BCUT2D eigenvalue weighted by molar-refractivity contribution is -0.143. The van der Waals surface area contributed by atoms with Crippen molar-refractivity contribution in [2.24, 2.45) is 5.92 Å². The van der Waals surface area contributed by atoms with Crippen LogP contribution in [0.25, 0.3) is 0 Å². The van der Waals surface area contributed by atoms with Gasteiger partial charge < -0.3 is 15.3 Å². The Morgan fingerprint density at radius 1 is 1.60 bits per heavy atom. The molecule has 6 nitrogen and oxygen atoms in total. The molecule has 2 N–H and O–H groups in total. The number of aliphatic carboxylic acids is 1. The molecule has 20 heavy (non-hydrogen) atoms. The van der Waals surface area contributed by atoms with Crippen molar-refractivity contribution in [3.63, 3.8) is 0 Å². The zero-order chi connectivity index (χ0) is 14.5. The largest absolute Gasteiger partial charge is 0.481 e. The van der Waals surface area contributed by atoms with Crippen LogP contribution in [0.1, 0.15) is 25.5 Å². The number of nitrogens with zero attached hydrogens (tertiary/aromatic N) is 2. The molecular formula is C13H19N3O3S. The Kier molecular flexibility index (Phi) is 4.94. The van der Waals surface area contributed by atoms with E-state index in [0.29, 0.717) is 25.9 Å². The molecule has 1 fully saturated rings. The maximum Gasteiger partial charge on any atom is 0.317 e. The number of carbonyl (C=O) groups is 2. The molecule has 110 valence electrons. The Labute approximate surface area is 121 Å². The molecule has 1 aliphatic heterocycles. The Balaban J connectivity index is 1.76. The molecule has 0 aliphatic carbocycles. The number of carboxylic acids is 1. The molecule has 0 spiro atoms. The first-order valence-electron chi connectivity index (χ1n) is 6.72. The normalized spacial score (nSPS) is 22.6. The summed E-state index contributed by atoms with van der Waals surface area (Å²) < 4.78 is 0. The van der Waals surface area contributed by atoms with E-state index in [-0.39, 0.29) is 18.0 Å². The minimum absolute atomic E-state index is 0.0378. The summed E-state index contributed by atoms with van der Waals surface area (Å²) in [5, 5.41) is 13.8. The van der Waals surface area contributed by atoms with E-state index in [0.717, 1.165) is 12.1 Å². The lowest BCUT2D eigenvalue weighted by atomic mass is 9.92. The van der Waals surface area contributed by atoms with Crippen molar-refractivity contribution in [3.05, 3.63) is 16.6 Å². The molecule has 1 saturated heterocycles. The zero-order valence-electron chi connectivity index (χ0n) is 11.4. The Bertz CT molecular complexity index is 463. The van der Waals surface area contributed by atoms with Crippen molar-refractivity contribution in [2.75, 3.05) is 13.1 Å². The molecule has 1 aliphatic rings. The van der Waals surface area contributed by atoms with Gasteiger partial charge in [0.25, 0.3) is 0 Å². The number of hydrogen-bond acceptors (Lipinski definition) is 4. The Hall–Kier alpha value is -1.63. The van der Waals surface area contributed by atoms with Crippen molar-refractivity contribution < 1.29 is 14.7 Å². The van der Waals surface area contributed by atoms with Gasteiger partial charge in [0.15, 0.2) is 0 Å². The number of hydrogen-bond donors (Lipinski definition) is 2. The topological polar surface area (TPSA) is 82.5 Å². The van der Waals surface area contributed by atoms with Crippen LogP contribution in [0.3, 0.4) is 0 Å². The maximum absolute atomic E-state index is 12.1. The molecule has 7 heteroatoms. The Morgan fingerprint density at radius 3 is 3.00 bits per heavy atom. The molecule has 0 bridgehead atoms. The molecule has 0 radical (unpaired) electrons. The average Bonchev–Trinajstić information content (AvgIpc) is 2.91. The van der Waals surface area contributed by atoms with Gasteiger partial charge in [0, 0.05) is 30.9 Å². The van der Waals surface area contributed by atoms with E-state index in [1.165, 1.54) is 11.3 Å². The van der Waals surface area contributed by atoms with Crippen LogP contribution in [0, 0.1) is 5.92 Å². The van der Waals surface area contributed by atoms with Crippen LogP contribution in [0.2, 0.25) is 0 Å². The summed E-state index contributed by atoms with van der Waals surface area (Å²) >= 11 is 1.54. The molecule has 1 aromatic rings. The molecule has 2 rings (SSSR count).